The van der Waals surface area contributed by atoms with E-state index < -0.39 is 10.0 Å². The Kier molecular flexibility index (Phi) is 4.17. The highest BCUT2D eigenvalue weighted by Crippen LogP contribution is 2.40. The average molecular weight is 330 g/mol. The zero-order chi connectivity index (χ0) is 15.0. The van der Waals surface area contributed by atoms with Gasteiger partial charge in [-0.2, -0.15) is 4.31 Å². The lowest BCUT2D eigenvalue weighted by Gasteiger charge is -2.18. The van der Waals surface area contributed by atoms with Gasteiger partial charge < -0.3 is 4.74 Å². The SMILES string of the molecule is COc1ccc(S(=O)(=O)N2CC3CCCC3C2)cc1CCl. The van der Waals surface area contributed by atoms with E-state index in [0.717, 1.165) is 12.8 Å². The van der Waals surface area contributed by atoms with Crippen molar-refractivity contribution < 1.29 is 13.2 Å². The Bertz CT molecular complexity index is 620. The summed E-state index contributed by atoms with van der Waals surface area (Å²) in [6, 6.07) is 4.93. The molecule has 0 aromatic heterocycles. The molecule has 1 aliphatic carbocycles. The molecule has 1 aromatic carbocycles. The molecule has 116 valence electrons. The van der Waals surface area contributed by atoms with Crippen LogP contribution >= 0.6 is 11.6 Å². The number of halogens is 1. The summed E-state index contributed by atoms with van der Waals surface area (Å²) in [5.74, 6) is 1.95. The first-order chi connectivity index (χ1) is 10.1. The van der Waals surface area contributed by atoms with E-state index in [1.54, 1.807) is 29.6 Å². The summed E-state index contributed by atoms with van der Waals surface area (Å²) in [7, 11) is -1.86. The van der Waals surface area contributed by atoms with Crippen molar-refractivity contribution in [1.82, 2.24) is 4.31 Å². The minimum absolute atomic E-state index is 0.234. The highest BCUT2D eigenvalue weighted by molar-refractivity contribution is 7.89. The summed E-state index contributed by atoms with van der Waals surface area (Å²) in [5.41, 5.74) is 0.708. The van der Waals surface area contributed by atoms with Gasteiger partial charge in [0.05, 0.1) is 17.9 Å². The van der Waals surface area contributed by atoms with Crippen molar-refractivity contribution in [2.75, 3.05) is 20.2 Å². The maximum Gasteiger partial charge on any atom is 0.243 e. The normalized spacial score (nSPS) is 26.0. The molecule has 0 bridgehead atoms. The number of rotatable bonds is 4. The van der Waals surface area contributed by atoms with E-state index in [2.05, 4.69) is 0 Å². The van der Waals surface area contributed by atoms with Crippen LogP contribution in [-0.2, 0) is 15.9 Å². The van der Waals surface area contributed by atoms with Crippen molar-refractivity contribution in [1.29, 1.82) is 0 Å². The molecule has 1 aliphatic heterocycles. The van der Waals surface area contributed by atoms with E-state index in [0.29, 0.717) is 41.1 Å². The first kappa shape index (κ1) is 15.1. The summed E-state index contributed by atoms with van der Waals surface area (Å²) < 4.78 is 32.4. The number of sulfonamides is 1. The van der Waals surface area contributed by atoms with Crippen molar-refractivity contribution in [3.05, 3.63) is 23.8 Å². The van der Waals surface area contributed by atoms with Gasteiger partial charge in [-0.1, -0.05) is 6.42 Å². The number of nitrogens with zero attached hydrogens (tertiary/aromatic N) is 1. The van der Waals surface area contributed by atoms with E-state index >= 15 is 0 Å². The van der Waals surface area contributed by atoms with Crippen molar-refractivity contribution >= 4 is 21.6 Å². The Morgan fingerprint density at radius 1 is 1.29 bits per heavy atom. The van der Waals surface area contributed by atoms with Gasteiger partial charge >= 0.3 is 0 Å². The molecule has 1 saturated carbocycles. The molecule has 0 radical (unpaired) electrons. The summed E-state index contributed by atoms with van der Waals surface area (Å²) in [4.78, 5) is 0.318. The van der Waals surface area contributed by atoms with Crippen LogP contribution in [0, 0.1) is 11.8 Å². The lowest BCUT2D eigenvalue weighted by Crippen LogP contribution is -2.29. The van der Waals surface area contributed by atoms with E-state index in [1.165, 1.54) is 6.42 Å². The molecule has 2 fully saturated rings. The lowest BCUT2D eigenvalue weighted by atomic mass is 10.0. The molecule has 0 N–H and O–H groups in total. The van der Waals surface area contributed by atoms with Crippen LogP contribution in [0.25, 0.3) is 0 Å². The number of methoxy groups -OCH3 is 1. The zero-order valence-corrected chi connectivity index (χ0v) is 13.7. The second-order valence-corrected chi connectivity index (χ2v) is 8.09. The quantitative estimate of drug-likeness (QED) is 0.798. The Hall–Kier alpha value is -0.780. The number of ether oxygens (including phenoxy) is 1. The molecule has 3 rings (SSSR count). The molecular formula is C15H20ClNO3S. The fraction of sp³-hybridized carbons (Fsp3) is 0.600. The molecule has 4 nitrogen and oxygen atoms in total. The molecule has 2 atom stereocenters. The van der Waals surface area contributed by atoms with Crippen LogP contribution in [0.15, 0.2) is 23.1 Å². The number of hydrogen-bond acceptors (Lipinski definition) is 3. The summed E-state index contributed by atoms with van der Waals surface area (Å²) >= 11 is 5.88. The molecule has 0 spiro atoms. The third-order valence-electron chi connectivity index (χ3n) is 4.73. The molecule has 1 aromatic rings. The van der Waals surface area contributed by atoms with Crippen LogP contribution < -0.4 is 4.74 Å². The predicted molar refractivity (Wildman–Crippen MR) is 82.1 cm³/mol. The third kappa shape index (κ3) is 2.67. The second-order valence-electron chi connectivity index (χ2n) is 5.88. The van der Waals surface area contributed by atoms with Crippen LogP contribution in [0.3, 0.4) is 0 Å². The minimum atomic E-state index is -3.42. The van der Waals surface area contributed by atoms with Crippen molar-refractivity contribution in [3.8, 4) is 5.75 Å². The summed E-state index contributed by atoms with van der Waals surface area (Å²) in [5, 5.41) is 0. The maximum atomic E-state index is 12.8. The van der Waals surface area contributed by atoms with Crippen LogP contribution in [0.5, 0.6) is 5.75 Å². The van der Waals surface area contributed by atoms with Crippen LogP contribution in [0.1, 0.15) is 24.8 Å². The Labute approximate surface area is 131 Å². The molecule has 1 heterocycles. The van der Waals surface area contributed by atoms with E-state index in [4.69, 9.17) is 16.3 Å². The number of hydrogen-bond donors (Lipinski definition) is 0. The van der Waals surface area contributed by atoms with Crippen LogP contribution in [0.4, 0.5) is 0 Å². The first-order valence-corrected chi connectivity index (χ1v) is 9.26. The van der Waals surface area contributed by atoms with Gasteiger partial charge in [0.1, 0.15) is 5.75 Å². The van der Waals surface area contributed by atoms with Gasteiger partial charge in [0, 0.05) is 18.7 Å². The predicted octanol–water partition coefficient (Wildman–Crippen LogP) is 2.85. The summed E-state index contributed by atoms with van der Waals surface area (Å²) in [6.07, 6.45) is 3.56. The topological polar surface area (TPSA) is 46.6 Å². The Morgan fingerprint density at radius 3 is 2.52 bits per heavy atom. The molecule has 0 amide bonds. The summed E-state index contributed by atoms with van der Waals surface area (Å²) in [6.45, 7) is 1.32. The third-order valence-corrected chi connectivity index (χ3v) is 6.84. The van der Waals surface area contributed by atoms with E-state index in [9.17, 15) is 8.42 Å². The fourth-order valence-corrected chi connectivity index (χ4v) is 5.37. The van der Waals surface area contributed by atoms with Crippen molar-refractivity contribution in [3.63, 3.8) is 0 Å². The van der Waals surface area contributed by atoms with Gasteiger partial charge in [0.2, 0.25) is 10.0 Å². The fourth-order valence-electron chi connectivity index (χ4n) is 3.56. The largest absolute Gasteiger partial charge is 0.496 e. The Balaban J connectivity index is 1.88. The molecule has 1 saturated heterocycles. The van der Waals surface area contributed by atoms with Gasteiger partial charge in [-0.3, -0.25) is 0 Å². The average Bonchev–Trinajstić information content (AvgIpc) is 3.07. The smallest absolute Gasteiger partial charge is 0.243 e. The molecule has 2 aliphatic rings. The van der Waals surface area contributed by atoms with Gasteiger partial charge in [-0.25, -0.2) is 8.42 Å². The van der Waals surface area contributed by atoms with Crippen molar-refractivity contribution in [2.45, 2.75) is 30.0 Å². The van der Waals surface area contributed by atoms with Crippen LogP contribution in [-0.4, -0.2) is 32.9 Å². The van der Waals surface area contributed by atoms with Crippen molar-refractivity contribution in [2.24, 2.45) is 11.8 Å². The minimum Gasteiger partial charge on any atom is -0.496 e. The number of fused-ring (bicyclic) bond motifs is 1. The Morgan fingerprint density at radius 2 is 1.95 bits per heavy atom. The van der Waals surface area contributed by atoms with Crippen LogP contribution in [0.2, 0.25) is 0 Å². The highest BCUT2D eigenvalue weighted by Gasteiger charge is 2.41. The second kappa shape index (κ2) is 5.78. The van der Waals surface area contributed by atoms with E-state index in [1.807, 2.05) is 0 Å². The molecule has 21 heavy (non-hydrogen) atoms. The number of benzene rings is 1. The highest BCUT2D eigenvalue weighted by atomic mass is 35.5. The molecule has 2 unspecified atom stereocenters. The standard InChI is InChI=1S/C15H20ClNO3S/c1-20-15-6-5-14(7-13(15)8-16)21(18,19)17-9-11-3-2-4-12(11)10-17/h5-7,11-12H,2-4,8-10H2,1H3. The first-order valence-electron chi connectivity index (χ1n) is 7.29. The maximum absolute atomic E-state index is 12.8. The molecular weight excluding hydrogens is 310 g/mol. The van der Waals surface area contributed by atoms with Gasteiger partial charge in [0.15, 0.2) is 0 Å². The monoisotopic (exact) mass is 329 g/mol. The number of alkyl halides is 1. The van der Waals surface area contributed by atoms with Gasteiger partial charge in [0.25, 0.3) is 0 Å². The van der Waals surface area contributed by atoms with Gasteiger partial charge in [-0.15, -0.1) is 11.6 Å². The van der Waals surface area contributed by atoms with E-state index in [-0.39, 0.29) is 5.88 Å². The molecule has 6 heteroatoms. The lowest BCUT2D eigenvalue weighted by molar-refractivity contribution is 0.410. The van der Waals surface area contributed by atoms with Gasteiger partial charge in [-0.05, 0) is 42.9 Å². The zero-order valence-electron chi connectivity index (χ0n) is 12.1.